The van der Waals surface area contributed by atoms with Crippen molar-refractivity contribution in [1.29, 1.82) is 0 Å². The van der Waals surface area contributed by atoms with E-state index in [4.69, 9.17) is 4.98 Å². The van der Waals surface area contributed by atoms with Gasteiger partial charge < -0.3 is 10.3 Å². The standard InChI is InChI=1S/C19H30N4O.2ClH/c24-19-15-13-23(12-14-6-2-1-3-7-14)11-9-16(15)21-18(22-19)17-8-4-5-10-20-17;;/h14,17,20H,1-13H2,(H,21,22,24);2*1H. The van der Waals surface area contributed by atoms with Crippen LogP contribution in [-0.2, 0) is 13.0 Å². The minimum atomic E-state index is 0. The number of rotatable bonds is 3. The fourth-order valence-corrected chi connectivity index (χ4v) is 4.64. The molecule has 3 heterocycles. The van der Waals surface area contributed by atoms with E-state index in [9.17, 15) is 4.79 Å². The van der Waals surface area contributed by atoms with E-state index in [0.717, 1.165) is 62.0 Å². The van der Waals surface area contributed by atoms with Gasteiger partial charge in [-0.25, -0.2) is 4.98 Å². The van der Waals surface area contributed by atoms with Gasteiger partial charge in [0.1, 0.15) is 5.82 Å². The fourth-order valence-electron chi connectivity index (χ4n) is 4.64. The molecule has 1 aliphatic carbocycles. The molecule has 5 nitrogen and oxygen atoms in total. The van der Waals surface area contributed by atoms with Crippen molar-refractivity contribution in [3.63, 3.8) is 0 Å². The fraction of sp³-hybridized carbons (Fsp3) is 0.789. The zero-order chi connectivity index (χ0) is 16.4. The van der Waals surface area contributed by atoms with Gasteiger partial charge in [-0.3, -0.25) is 9.69 Å². The van der Waals surface area contributed by atoms with Gasteiger partial charge in [0.05, 0.1) is 17.3 Å². The second kappa shape index (κ2) is 10.1. The van der Waals surface area contributed by atoms with Crippen molar-refractivity contribution in [2.45, 2.75) is 70.4 Å². The first kappa shape index (κ1) is 21.7. The van der Waals surface area contributed by atoms with Gasteiger partial charge in [-0.15, -0.1) is 24.8 Å². The average Bonchev–Trinajstić information content (AvgIpc) is 2.64. The summed E-state index contributed by atoms with van der Waals surface area (Å²) in [5.74, 6) is 1.69. The molecule has 2 N–H and O–H groups in total. The molecule has 4 rings (SSSR count). The number of nitrogens with zero attached hydrogens (tertiary/aromatic N) is 2. The Bertz CT molecular complexity index is 624. The number of nitrogens with one attached hydrogen (secondary N) is 2. The lowest BCUT2D eigenvalue weighted by Crippen LogP contribution is -2.40. The lowest BCUT2D eigenvalue weighted by molar-refractivity contribution is 0.184. The number of halogens is 2. The van der Waals surface area contributed by atoms with E-state index in [1.807, 2.05) is 0 Å². The summed E-state index contributed by atoms with van der Waals surface area (Å²) in [7, 11) is 0. The SMILES string of the molecule is Cl.Cl.O=c1[nH]c(C2CCCCN2)nc2c1CN(CC1CCCCC1)CC2. The molecule has 1 aromatic rings. The highest BCUT2D eigenvalue weighted by Crippen LogP contribution is 2.26. The van der Waals surface area contributed by atoms with Crippen LogP contribution in [0.1, 0.15) is 74.5 Å². The monoisotopic (exact) mass is 402 g/mol. The summed E-state index contributed by atoms with van der Waals surface area (Å²) in [4.78, 5) is 23.0. The highest BCUT2D eigenvalue weighted by molar-refractivity contribution is 5.85. The molecule has 0 bridgehead atoms. The molecule has 26 heavy (non-hydrogen) atoms. The summed E-state index contributed by atoms with van der Waals surface area (Å²) in [5.41, 5.74) is 2.05. The molecule has 2 aliphatic heterocycles. The molecule has 0 aromatic carbocycles. The second-order valence-corrected chi connectivity index (χ2v) is 7.87. The van der Waals surface area contributed by atoms with Gasteiger partial charge in [0.2, 0.25) is 0 Å². The zero-order valence-electron chi connectivity index (χ0n) is 15.5. The maximum atomic E-state index is 12.6. The number of aromatic amines is 1. The van der Waals surface area contributed by atoms with Gasteiger partial charge >= 0.3 is 0 Å². The third-order valence-electron chi connectivity index (χ3n) is 6.05. The Morgan fingerprint density at radius 3 is 2.54 bits per heavy atom. The topological polar surface area (TPSA) is 61.0 Å². The molecule has 1 aromatic heterocycles. The Balaban J connectivity index is 0.00000121. The summed E-state index contributed by atoms with van der Waals surface area (Å²) in [5, 5.41) is 3.49. The first-order valence-corrected chi connectivity index (χ1v) is 9.87. The average molecular weight is 403 g/mol. The molecular formula is C19H32Cl2N4O. The van der Waals surface area contributed by atoms with E-state index in [-0.39, 0.29) is 36.4 Å². The van der Waals surface area contributed by atoms with Crippen molar-refractivity contribution in [2.75, 3.05) is 19.6 Å². The number of hydrogen-bond acceptors (Lipinski definition) is 4. The van der Waals surface area contributed by atoms with Crippen LogP contribution in [0, 0.1) is 5.92 Å². The van der Waals surface area contributed by atoms with Gasteiger partial charge in [-0.2, -0.15) is 0 Å². The highest BCUT2D eigenvalue weighted by Gasteiger charge is 2.26. The summed E-state index contributed by atoms with van der Waals surface area (Å²) in [6.07, 6.45) is 11.3. The molecular weight excluding hydrogens is 371 g/mol. The van der Waals surface area contributed by atoms with E-state index < -0.39 is 0 Å². The van der Waals surface area contributed by atoms with Gasteiger partial charge in [-0.1, -0.05) is 25.7 Å². The quantitative estimate of drug-likeness (QED) is 0.813. The Morgan fingerprint density at radius 2 is 1.81 bits per heavy atom. The van der Waals surface area contributed by atoms with Gasteiger partial charge in [0.25, 0.3) is 5.56 Å². The number of fused-ring (bicyclic) bond motifs is 1. The van der Waals surface area contributed by atoms with Crippen molar-refractivity contribution in [3.8, 4) is 0 Å². The number of piperidine rings is 1. The Labute approximate surface area is 168 Å². The lowest BCUT2D eigenvalue weighted by atomic mass is 9.88. The third-order valence-corrected chi connectivity index (χ3v) is 6.05. The van der Waals surface area contributed by atoms with E-state index in [1.54, 1.807) is 0 Å². The van der Waals surface area contributed by atoms with Crippen molar-refractivity contribution in [1.82, 2.24) is 20.2 Å². The number of hydrogen-bond donors (Lipinski definition) is 2. The predicted octanol–water partition coefficient (Wildman–Crippen LogP) is 3.37. The molecule has 0 amide bonds. The Kier molecular flexibility index (Phi) is 8.40. The summed E-state index contributed by atoms with van der Waals surface area (Å²) >= 11 is 0. The third kappa shape index (κ3) is 5.00. The Morgan fingerprint density at radius 1 is 1.04 bits per heavy atom. The van der Waals surface area contributed by atoms with E-state index in [1.165, 1.54) is 44.9 Å². The van der Waals surface area contributed by atoms with Crippen molar-refractivity contribution in [3.05, 3.63) is 27.4 Å². The van der Waals surface area contributed by atoms with Gasteiger partial charge in [0.15, 0.2) is 0 Å². The van der Waals surface area contributed by atoms with Crippen LogP contribution in [0.5, 0.6) is 0 Å². The molecule has 1 saturated carbocycles. The van der Waals surface area contributed by atoms with Crippen LogP contribution in [-0.4, -0.2) is 34.5 Å². The lowest BCUT2D eigenvalue weighted by Gasteiger charge is -2.33. The molecule has 0 radical (unpaired) electrons. The summed E-state index contributed by atoms with van der Waals surface area (Å²) < 4.78 is 0. The first-order chi connectivity index (χ1) is 11.8. The van der Waals surface area contributed by atoms with E-state index in [2.05, 4.69) is 15.2 Å². The van der Waals surface area contributed by atoms with Crippen LogP contribution in [0.3, 0.4) is 0 Å². The van der Waals surface area contributed by atoms with Crippen LogP contribution >= 0.6 is 24.8 Å². The predicted molar refractivity (Wildman–Crippen MR) is 110 cm³/mol. The van der Waals surface area contributed by atoms with Crippen molar-refractivity contribution < 1.29 is 0 Å². The number of aromatic nitrogens is 2. The normalized spacial score (nSPS) is 24.2. The number of H-pyrrole nitrogens is 1. The molecule has 148 valence electrons. The maximum Gasteiger partial charge on any atom is 0.255 e. The summed E-state index contributed by atoms with van der Waals surface area (Å²) in [6, 6.07) is 0.233. The second-order valence-electron chi connectivity index (χ2n) is 7.87. The largest absolute Gasteiger partial charge is 0.309 e. The Hall–Kier alpha value is -0.620. The zero-order valence-corrected chi connectivity index (χ0v) is 17.1. The first-order valence-electron chi connectivity index (χ1n) is 9.87. The molecule has 7 heteroatoms. The molecule has 3 aliphatic rings. The van der Waals surface area contributed by atoms with Crippen LogP contribution in [0.15, 0.2) is 4.79 Å². The van der Waals surface area contributed by atoms with E-state index in [0.29, 0.717) is 0 Å². The minimum Gasteiger partial charge on any atom is -0.309 e. The highest BCUT2D eigenvalue weighted by atomic mass is 35.5. The molecule has 0 spiro atoms. The van der Waals surface area contributed by atoms with Crippen LogP contribution in [0.25, 0.3) is 0 Å². The molecule has 2 fully saturated rings. The molecule has 1 atom stereocenters. The summed E-state index contributed by atoms with van der Waals surface area (Å²) in [6.45, 7) is 4.02. The molecule has 1 saturated heterocycles. The van der Waals surface area contributed by atoms with Crippen LogP contribution < -0.4 is 10.9 Å². The van der Waals surface area contributed by atoms with Crippen molar-refractivity contribution >= 4 is 24.8 Å². The molecule has 1 unspecified atom stereocenters. The van der Waals surface area contributed by atoms with E-state index >= 15 is 0 Å². The smallest absolute Gasteiger partial charge is 0.255 e. The van der Waals surface area contributed by atoms with Crippen LogP contribution in [0.2, 0.25) is 0 Å². The van der Waals surface area contributed by atoms with Gasteiger partial charge in [-0.05, 0) is 38.1 Å². The minimum absolute atomic E-state index is 0. The van der Waals surface area contributed by atoms with Crippen LogP contribution in [0.4, 0.5) is 0 Å². The maximum absolute atomic E-state index is 12.6. The van der Waals surface area contributed by atoms with Gasteiger partial charge in [0, 0.05) is 26.1 Å². The van der Waals surface area contributed by atoms with Crippen molar-refractivity contribution in [2.24, 2.45) is 5.92 Å².